The molecule has 1 fully saturated rings. The highest BCUT2D eigenvalue weighted by molar-refractivity contribution is 5.19. The Bertz CT molecular complexity index is 323. The van der Waals surface area contributed by atoms with Crippen molar-refractivity contribution in [3.63, 3.8) is 0 Å². The van der Waals surface area contributed by atoms with E-state index in [-0.39, 0.29) is 0 Å². The number of nitrogens with two attached hydrogens (primary N) is 1. The van der Waals surface area contributed by atoms with Crippen LogP contribution in [-0.2, 0) is 0 Å². The van der Waals surface area contributed by atoms with Crippen LogP contribution in [0.25, 0.3) is 0 Å². The zero-order valence-electron chi connectivity index (χ0n) is 10.8. The second-order valence-corrected chi connectivity index (χ2v) is 5.19. The van der Waals surface area contributed by atoms with Crippen LogP contribution in [0.5, 0.6) is 0 Å². The fraction of sp³-hybridized carbons (Fsp3) is 0.600. The highest BCUT2D eigenvalue weighted by Gasteiger charge is 2.22. The summed E-state index contributed by atoms with van der Waals surface area (Å²) in [6, 6.07) is 11.4. The zero-order valence-corrected chi connectivity index (χ0v) is 10.8. The molecule has 1 saturated heterocycles. The summed E-state index contributed by atoms with van der Waals surface area (Å²) >= 11 is 0. The Labute approximate surface area is 105 Å². The second kappa shape index (κ2) is 6.18. The van der Waals surface area contributed by atoms with E-state index in [1.165, 1.54) is 31.4 Å². The fourth-order valence-corrected chi connectivity index (χ4v) is 2.81. The minimum absolute atomic E-state index is 0.600. The molecule has 0 radical (unpaired) electrons. The SMILES string of the molecule is CC(CN1CCCCC1CN)c1ccccc1. The topological polar surface area (TPSA) is 29.3 Å². The van der Waals surface area contributed by atoms with Gasteiger partial charge in [-0.1, -0.05) is 43.7 Å². The molecule has 1 aliphatic heterocycles. The lowest BCUT2D eigenvalue weighted by molar-refractivity contribution is 0.146. The van der Waals surface area contributed by atoms with Crippen LogP contribution in [-0.4, -0.2) is 30.6 Å². The molecule has 2 nitrogen and oxygen atoms in total. The van der Waals surface area contributed by atoms with Crippen molar-refractivity contribution in [3.05, 3.63) is 35.9 Å². The van der Waals surface area contributed by atoms with Crippen LogP contribution < -0.4 is 5.73 Å². The van der Waals surface area contributed by atoms with Crippen LogP contribution in [0, 0.1) is 0 Å². The smallest absolute Gasteiger partial charge is 0.0218 e. The predicted octanol–water partition coefficient (Wildman–Crippen LogP) is 2.60. The number of benzene rings is 1. The molecular weight excluding hydrogens is 208 g/mol. The van der Waals surface area contributed by atoms with Crippen LogP contribution >= 0.6 is 0 Å². The van der Waals surface area contributed by atoms with Crippen LogP contribution in [0.2, 0.25) is 0 Å². The first-order valence-electron chi connectivity index (χ1n) is 6.80. The minimum Gasteiger partial charge on any atom is -0.329 e. The predicted molar refractivity (Wildman–Crippen MR) is 73.1 cm³/mol. The molecular formula is C15H24N2. The molecule has 1 aromatic carbocycles. The Morgan fingerprint density at radius 1 is 1.29 bits per heavy atom. The molecule has 2 unspecified atom stereocenters. The van der Waals surface area contributed by atoms with Crippen molar-refractivity contribution in [3.8, 4) is 0 Å². The Morgan fingerprint density at radius 2 is 2.06 bits per heavy atom. The zero-order chi connectivity index (χ0) is 12.1. The molecule has 2 atom stereocenters. The molecule has 0 bridgehead atoms. The Hall–Kier alpha value is -0.860. The van der Waals surface area contributed by atoms with Gasteiger partial charge in [-0.25, -0.2) is 0 Å². The van der Waals surface area contributed by atoms with Crippen molar-refractivity contribution in [2.75, 3.05) is 19.6 Å². The maximum Gasteiger partial charge on any atom is 0.0218 e. The Balaban J connectivity index is 1.95. The van der Waals surface area contributed by atoms with E-state index in [0.29, 0.717) is 12.0 Å². The maximum absolute atomic E-state index is 5.87. The lowest BCUT2D eigenvalue weighted by atomic mass is 9.96. The maximum atomic E-state index is 5.87. The normalized spacial score (nSPS) is 23.5. The molecule has 1 aliphatic rings. The standard InChI is InChI=1S/C15H24N2/c1-13(14-7-3-2-4-8-14)12-17-10-6-5-9-15(17)11-16/h2-4,7-8,13,15H,5-6,9-12,16H2,1H3. The van der Waals surface area contributed by atoms with E-state index in [1.807, 2.05) is 0 Å². The molecule has 2 heteroatoms. The first-order chi connectivity index (χ1) is 8.31. The monoisotopic (exact) mass is 232 g/mol. The van der Waals surface area contributed by atoms with Crippen LogP contribution in [0.1, 0.15) is 37.7 Å². The van der Waals surface area contributed by atoms with E-state index in [0.717, 1.165) is 13.1 Å². The van der Waals surface area contributed by atoms with Gasteiger partial charge in [0, 0.05) is 19.1 Å². The van der Waals surface area contributed by atoms with Gasteiger partial charge < -0.3 is 5.73 Å². The number of hydrogen-bond acceptors (Lipinski definition) is 2. The number of nitrogens with zero attached hydrogens (tertiary/aromatic N) is 1. The molecule has 2 rings (SSSR count). The minimum atomic E-state index is 0.600. The highest BCUT2D eigenvalue weighted by Crippen LogP contribution is 2.22. The summed E-state index contributed by atoms with van der Waals surface area (Å²) in [6.45, 7) is 5.49. The van der Waals surface area contributed by atoms with Crippen molar-refractivity contribution >= 4 is 0 Å². The summed E-state index contributed by atoms with van der Waals surface area (Å²) in [4.78, 5) is 2.58. The number of likely N-dealkylation sites (tertiary alicyclic amines) is 1. The highest BCUT2D eigenvalue weighted by atomic mass is 15.2. The summed E-state index contributed by atoms with van der Waals surface area (Å²) in [5.74, 6) is 0.600. The summed E-state index contributed by atoms with van der Waals surface area (Å²) in [5, 5.41) is 0. The van der Waals surface area contributed by atoms with Crippen molar-refractivity contribution in [1.82, 2.24) is 4.90 Å². The van der Waals surface area contributed by atoms with Gasteiger partial charge in [-0.15, -0.1) is 0 Å². The van der Waals surface area contributed by atoms with E-state index < -0.39 is 0 Å². The number of rotatable bonds is 4. The van der Waals surface area contributed by atoms with Crippen molar-refractivity contribution in [2.45, 2.75) is 38.1 Å². The Morgan fingerprint density at radius 3 is 2.76 bits per heavy atom. The first kappa shape index (κ1) is 12.6. The van der Waals surface area contributed by atoms with Gasteiger partial charge in [0.15, 0.2) is 0 Å². The van der Waals surface area contributed by atoms with Crippen LogP contribution in [0.4, 0.5) is 0 Å². The molecule has 17 heavy (non-hydrogen) atoms. The quantitative estimate of drug-likeness (QED) is 0.864. The van der Waals surface area contributed by atoms with E-state index in [9.17, 15) is 0 Å². The van der Waals surface area contributed by atoms with Gasteiger partial charge in [-0.2, -0.15) is 0 Å². The third-order valence-electron chi connectivity index (χ3n) is 3.90. The molecule has 0 saturated carbocycles. The number of hydrogen-bond donors (Lipinski definition) is 1. The van der Waals surface area contributed by atoms with Gasteiger partial charge in [-0.3, -0.25) is 4.90 Å². The van der Waals surface area contributed by atoms with Gasteiger partial charge in [0.25, 0.3) is 0 Å². The average Bonchev–Trinajstić information content (AvgIpc) is 2.40. The van der Waals surface area contributed by atoms with Gasteiger partial charge in [0.05, 0.1) is 0 Å². The molecule has 0 aromatic heterocycles. The van der Waals surface area contributed by atoms with Gasteiger partial charge in [-0.05, 0) is 30.9 Å². The summed E-state index contributed by atoms with van der Waals surface area (Å²) in [5.41, 5.74) is 7.31. The van der Waals surface area contributed by atoms with Crippen molar-refractivity contribution < 1.29 is 0 Å². The molecule has 0 aliphatic carbocycles. The van der Waals surface area contributed by atoms with Crippen LogP contribution in [0.15, 0.2) is 30.3 Å². The summed E-state index contributed by atoms with van der Waals surface area (Å²) in [7, 11) is 0. The van der Waals surface area contributed by atoms with Crippen molar-refractivity contribution in [2.24, 2.45) is 5.73 Å². The average molecular weight is 232 g/mol. The lowest BCUT2D eigenvalue weighted by Crippen LogP contribution is -2.45. The fourth-order valence-electron chi connectivity index (χ4n) is 2.81. The van der Waals surface area contributed by atoms with E-state index in [2.05, 4.69) is 42.2 Å². The molecule has 2 N–H and O–H groups in total. The summed E-state index contributed by atoms with van der Waals surface area (Å²) in [6.07, 6.45) is 3.95. The molecule has 0 spiro atoms. The van der Waals surface area contributed by atoms with E-state index in [4.69, 9.17) is 5.73 Å². The van der Waals surface area contributed by atoms with Gasteiger partial charge >= 0.3 is 0 Å². The third-order valence-corrected chi connectivity index (χ3v) is 3.90. The van der Waals surface area contributed by atoms with Gasteiger partial charge in [0.1, 0.15) is 0 Å². The Kier molecular flexibility index (Phi) is 4.57. The molecule has 0 amide bonds. The van der Waals surface area contributed by atoms with E-state index >= 15 is 0 Å². The first-order valence-corrected chi connectivity index (χ1v) is 6.80. The largest absolute Gasteiger partial charge is 0.329 e. The summed E-state index contributed by atoms with van der Waals surface area (Å²) < 4.78 is 0. The second-order valence-electron chi connectivity index (χ2n) is 5.19. The third kappa shape index (κ3) is 3.30. The number of piperidine rings is 1. The van der Waals surface area contributed by atoms with Crippen LogP contribution in [0.3, 0.4) is 0 Å². The van der Waals surface area contributed by atoms with E-state index in [1.54, 1.807) is 0 Å². The lowest BCUT2D eigenvalue weighted by Gasteiger charge is -2.36. The molecule has 1 heterocycles. The van der Waals surface area contributed by atoms with Crippen molar-refractivity contribution in [1.29, 1.82) is 0 Å². The molecule has 1 aromatic rings. The molecule has 94 valence electrons. The van der Waals surface area contributed by atoms with Gasteiger partial charge in [0.2, 0.25) is 0 Å².